The van der Waals surface area contributed by atoms with E-state index >= 15 is 0 Å². The number of hydrogen-bond acceptors (Lipinski definition) is 2. The average Bonchev–Trinajstić information content (AvgIpc) is 2.66. The van der Waals surface area contributed by atoms with Gasteiger partial charge in [0.05, 0.1) is 17.6 Å². The topological polar surface area (TPSA) is 33.6 Å². The summed E-state index contributed by atoms with van der Waals surface area (Å²) in [6.07, 6.45) is 3.60. The first-order valence-electron chi connectivity index (χ1n) is 5.51. The van der Waals surface area contributed by atoms with Gasteiger partial charge in [-0.25, -0.2) is 0 Å². The van der Waals surface area contributed by atoms with Gasteiger partial charge in [0, 0.05) is 16.0 Å². The number of aromatic nitrogens is 3. The molecule has 0 radical (unpaired) electrons. The Labute approximate surface area is 123 Å². The van der Waals surface area contributed by atoms with Crippen molar-refractivity contribution in [2.45, 2.75) is 6.54 Å². The molecule has 0 spiro atoms. The lowest BCUT2D eigenvalue weighted by Crippen LogP contribution is -1.99. The summed E-state index contributed by atoms with van der Waals surface area (Å²) in [7, 11) is 0. The van der Waals surface area contributed by atoms with E-state index in [0.29, 0.717) is 0 Å². The molecule has 5 heteroatoms. The van der Waals surface area contributed by atoms with Crippen LogP contribution in [0.5, 0.6) is 0 Å². The van der Waals surface area contributed by atoms with Gasteiger partial charge in [-0.2, -0.15) is 0 Å². The first-order valence-corrected chi connectivity index (χ1v) is 7.00. The summed E-state index contributed by atoms with van der Waals surface area (Å²) in [4.78, 5) is 7.27. The van der Waals surface area contributed by atoms with Crippen molar-refractivity contribution >= 4 is 45.8 Å². The molecule has 1 aromatic carbocycles. The molecule has 0 fully saturated rings. The molecular formula is C13H10IN3S. The van der Waals surface area contributed by atoms with Crippen LogP contribution in [0.15, 0.2) is 42.7 Å². The van der Waals surface area contributed by atoms with E-state index in [-0.39, 0.29) is 0 Å². The number of pyridine rings is 1. The molecule has 0 saturated heterocycles. The van der Waals surface area contributed by atoms with Crippen LogP contribution in [0.1, 0.15) is 5.56 Å². The normalized spacial score (nSPS) is 10.9. The van der Waals surface area contributed by atoms with Gasteiger partial charge in [-0.1, -0.05) is 0 Å². The van der Waals surface area contributed by atoms with Crippen molar-refractivity contribution in [3.05, 3.63) is 56.6 Å². The lowest BCUT2D eigenvalue weighted by molar-refractivity contribution is 0.809. The predicted octanol–water partition coefficient (Wildman–Crippen LogP) is 3.75. The van der Waals surface area contributed by atoms with Crippen molar-refractivity contribution in [2.75, 3.05) is 0 Å². The molecule has 0 amide bonds. The number of benzene rings is 1. The van der Waals surface area contributed by atoms with Crippen LogP contribution in [0.2, 0.25) is 0 Å². The molecule has 0 aliphatic rings. The highest BCUT2D eigenvalue weighted by Crippen LogP contribution is 2.18. The number of imidazole rings is 1. The van der Waals surface area contributed by atoms with Gasteiger partial charge in [0.15, 0.2) is 4.77 Å². The fourth-order valence-electron chi connectivity index (χ4n) is 1.96. The fourth-order valence-corrected chi connectivity index (χ4v) is 2.73. The Bertz CT molecular complexity index is 746. The Morgan fingerprint density at radius 3 is 2.78 bits per heavy atom. The van der Waals surface area contributed by atoms with Crippen LogP contribution in [0.25, 0.3) is 11.0 Å². The predicted molar refractivity (Wildman–Crippen MR) is 83.2 cm³/mol. The van der Waals surface area contributed by atoms with E-state index in [1.807, 2.05) is 12.1 Å². The summed E-state index contributed by atoms with van der Waals surface area (Å²) in [5, 5.41) is 0. The van der Waals surface area contributed by atoms with Crippen molar-refractivity contribution in [1.29, 1.82) is 0 Å². The molecule has 0 bridgehead atoms. The summed E-state index contributed by atoms with van der Waals surface area (Å²) in [5.41, 5.74) is 3.42. The van der Waals surface area contributed by atoms with Gasteiger partial charge >= 0.3 is 0 Å². The van der Waals surface area contributed by atoms with Gasteiger partial charge in [0.1, 0.15) is 0 Å². The average molecular weight is 367 g/mol. The van der Waals surface area contributed by atoms with Crippen LogP contribution in [0, 0.1) is 8.34 Å². The lowest BCUT2D eigenvalue weighted by Gasteiger charge is -2.04. The number of hydrogen-bond donors (Lipinski definition) is 1. The molecule has 3 aromatic rings. The van der Waals surface area contributed by atoms with E-state index in [9.17, 15) is 0 Å². The summed E-state index contributed by atoms with van der Waals surface area (Å²) >= 11 is 7.69. The van der Waals surface area contributed by atoms with Gasteiger partial charge in [-0.15, -0.1) is 0 Å². The smallest absolute Gasteiger partial charge is 0.178 e. The van der Waals surface area contributed by atoms with Crippen LogP contribution >= 0.6 is 34.8 Å². The zero-order valence-electron chi connectivity index (χ0n) is 9.43. The highest BCUT2D eigenvalue weighted by Gasteiger charge is 2.05. The number of fused-ring (bicyclic) bond motifs is 1. The molecular weight excluding hydrogens is 357 g/mol. The number of nitrogens with one attached hydrogen (secondary N) is 1. The molecule has 0 saturated carbocycles. The molecule has 0 unspecified atom stereocenters. The third kappa shape index (κ3) is 2.20. The largest absolute Gasteiger partial charge is 0.331 e. The zero-order valence-corrected chi connectivity index (χ0v) is 12.4. The lowest BCUT2D eigenvalue weighted by atomic mass is 10.2. The number of aromatic amines is 1. The standard InChI is InChI=1S/C13H10IN3S/c14-10-1-2-12-11(7-10)16-13(18)17(12)8-9-3-5-15-6-4-9/h1-7H,8H2,(H,16,18). The van der Waals surface area contributed by atoms with Crippen LogP contribution < -0.4 is 0 Å². The van der Waals surface area contributed by atoms with Crippen molar-refractivity contribution in [3.63, 3.8) is 0 Å². The van der Waals surface area contributed by atoms with Crippen molar-refractivity contribution in [2.24, 2.45) is 0 Å². The second-order valence-electron chi connectivity index (χ2n) is 4.03. The highest BCUT2D eigenvalue weighted by molar-refractivity contribution is 14.1. The molecule has 0 atom stereocenters. The maximum absolute atomic E-state index is 5.38. The third-order valence-electron chi connectivity index (χ3n) is 2.83. The molecule has 1 N–H and O–H groups in total. The molecule has 2 aromatic heterocycles. The Morgan fingerprint density at radius 1 is 1.22 bits per heavy atom. The Morgan fingerprint density at radius 2 is 2.00 bits per heavy atom. The number of halogens is 1. The molecule has 0 aliphatic heterocycles. The second-order valence-corrected chi connectivity index (χ2v) is 5.67. The molecule has 3 rings (SSSR count). The summed E-state index contributed by atoms with van der Waals surface area (Å²) < 4.78 is 4.06. The number of rotatable bonds is 2. The summed E-state index contributed by atoms with van der Waals surface area (Å²) in [5.74, 6) is 0. The summed E-state index contributed by atoms with van der Waals surface area (Å²) in [6, 6.07) is 10.3. The molecule has 90 valence electrons. The minimum Gasteiger partial charge on any atom is -0.331 e. The van der Waals surface area contributed by atoms with Gasteiger partial charge in [-0.05, 0) is 70.7 Å². The monoisotopic (exact) mass is 367 g/mol. The van der Waals surface area contributed by atoms with E-state index < -0.39 is 0 Å². The summed E-state index contributed by atoms with van der Waals surface area (Å²) in [6.45, 7) is 0.766. The van der Waals surface area contributed by atoms with E-state index in [1.165, 1.54) is 9.13 Å². The fraction of sp³-hybridized carbons (Fsp3) is 0.0769. The van der Waals surface area contributed by atoms with Gasteiger partial charge in [0.25, 0.3) is 0 Å². The molecule has 0 aliphatic carbocycles. The Balaban J connectivity index is 2.12. The molecule has 3 nitrogen and oxygen atoms in total. The third-order valence-corrected chi connectivity index (χ3v) is 3.82. The van der Waals surface area contributed by atoms with Crippen LogP contribution in [0.3, 0.4) is 0 Å². The SMILES string of the molecule is S=c1[nH]c2cc(I)ccc2n1Cc1ccncc1. The maximum Gasteiger partial charge on any atom is 0.178 e. The van der Waals surface area contributed by atoms with Crippen LogP contribution in [-0.2, 0) is 6.54 Å². The number of nitrogens with zero attached hydrogens (tertiary/aromatic N) is 2. The van der Waals surface area contributed by atoms with E-state index in [1.54, 1.807) is 12.4 Å². The minimum absolute atomic E-state index is 0.754. The van der Waals surface area contributed by atoms with E-state index in [0.717, 1.165) is 22.3 Å². The van der Waals surface area contributed by atoms with Gasteiger partial charge < -0.3 is 9.55 Å². The van der Waals surface area contributed by atoms with Gasteiger partial charge in [-0.3, -0.25) is 4.98 Å². The van der Waals surface area contributed by atoms with Crippen molar-refractivity contribution in [1.82, 2.24) is 14.5 Å². The zero-order chi connectivity index (χ0) is 12.5. The van der Waals surface area contributed by atoms with E-state index in [4.69, 9.17) is 12.2 Å². The Hall–Kier alpha value is -1.21. The second kappa shape index (κ2) is 4.81. The van der Waals surface area contributed by atoms with Crippen molar-refractivity contribution < 1.29 is 0 Å². The maximum atomic E-state index is 5.38. The van der Waals surface area contributed by atoms with Gasteiger partial charge in [0.2, 0.25) is 0 Å². The first-order chi connectivity index (χ1) is 8.74. The molecule has 18 heavy (non-hydrogen) atoms. The Kier molecular flexibility index (Phi) is 3.17. The highest BCUT2D eigenvalue weighted by atomic mass is 127. The van der Waals surface area contributed by atoms with Crippen LogP contribution in [-0.4, -0.2) is 14.5 Å². The quantitative estimate of drug-likeness (QED) is 0.553. The van der Waals surface area contributed by atoms with E-state index in [2.05, 4.69) is 55.3 Å². The number of H-pyrrole nitrogens is 1. The van der Waals surface area contributed by atoms with Crippen molar-refractivity contribution in [3.8, 4) is 0 Å². The minimum atomic E-state index is 0.754. The first kappa shape index (κ1) is 11.9. The molecule has 2 heterocycles. The van der Waals surface area contributed by atoms with Crippen LogP contribution in [0.4, 0.5) is 0 Å².